The van der Waals surface area contributed by atoms with Crippen LogP contribution in [-0.4, -0.2) is 29.7 Å². The van der Waals surface area contributed by atoms with Crippen LogP contribution in [0.2, 0.25) is 0 Å². The van der Waals surface area contributed by atoms with E-state index in [9.17, 15) is 9.59 Å². The zero-order valence-electron chi connectivity index (χ0n) is 24.3. The molecule has 0 spiro atoms. The van der Waals surface area contributed by atoms with Gasteiger partial charge in [0.1, 0.15) is 17.1 Å². The minimum Gasteiger partial charge on any atom is -0.497 e. The maximum absolute atomic E-state index is 14.0. The van der Waals surface area contributed by atoms with Crippen LogP contribution in [-0.2, 0) is 0 Å². The van der Waals surface area contributed by atoms with Crippen LogP contribution in [0, 0.1) is 0 Å². The number of H-pyrrole nitrogens is 1. The molecule has 0 aliphatic heterocycles. The molecule has 0 saturated heterocycles. The number of carbonyl (C=O) groups excluding carboxylic acids is 1. The Morgan fingerprint density at radius 2 is 1.70 bits per heavy atom. The molecule has 2 aromatic carbocycles. The third-order valence-corrected chi connectivity index (χ3v) is 6.89. The minimum absolute atomic E-state index is 0.139. The number of nitrogens with one attached hydrogen (secondary N) is 2. The summed E-state index contributed by atoms with van der Waals surface area (Å²) < 4.78 is 5.45. The first-order valence-corrected chi connectivity index (χ1v) is 13.6. The maximum atomic E-state index is 14.0. The zero-order valence-corrected chi connectivity index (χ0v) is 24.3. The number of carbonyl (C=O) groups is 1. The molecule has 2 N–H and O–H groups in total. The van der Waals surface area contributed by atoms with Gasteiger partial charge in [0.25, 0.3) is 5.56 Å². The van der Waals surface area contributed by atoms with Crippen molar-refractivity contribution in [2.24, 2.45) is 0 Å². The molecule has 40 heavy (non-hydrogen) atoms. The van der Waals surface area contributed by atoms with Crippen molar-refractivity contribution in [2.45, 2.75) is 53.4 Å². The summed E-state index contributed by atoms with van der Waals surface area (Å²) in [6.45, 7) is 12.7. The SMILES string of the molecule is COc1cccc(-c2cc(C(C)C)c(NC(=O)N(CC=C(C)C)c3cc4cccnc4[nH]c3=O)c(C(C)C)c2)c1. The number of hydrogen-bond acceptors (Lipinski definition) is 4. The van der Waals surface area contributed by atoms with E-state index in [0.29, 0.717) is 5.65 Å². The topological polar surface area (TPSA) is 87.3 Å². The van der Waals surface area contributed by atoms with Gasteiger partial charge in [-0.3, -0.25) is 9.69 Å². The average molecular weight is 539 g/mol. The fourth-order valence-corrected chi connectivity index (χ4v) is 4.67. The Morgan fingerprint density at radius 3 is 2.33 bits per heavy atom. The van der Waals surface area contributed by atoms with E-state index in [4.69, 9.17) is 4.74 Å². The lowest BCUT2D eigenvalue weighted by molar-refractivity contribution is 0.257. The highest BCUT2D eigenvalue weighted by Gasteiger charge is 2.24. The van der Waals surface area contributed by atoms with Crippen LogP contribution in [0.15, 0.2) is 77.2 Å². The van der Waals surface area contributed by atoms with Crippen LogP contribution in [0.25, 0.3) is 22.2 Å². The van der Waals surface area contributed by atoms with Crippen LogP contribution in [0.5, 0.6) is 5.75 Å². The molecule has 0 atom stereocenters. The Morgan fingerprint density at radius 1 is 1.00 bits per heavy atom. The number of anilines is 2. The van der Waals surface area contributed by atoms with E-state index in [1.807, 2.05) is 44.2 Å². The number of benzene rings is 2. The summed E-state index contributed by atoms with van der Waals surface area (Å²) in [6.07, 6.45) is 3.56. The molecule has 7 heteroatoms. The number of hydrogen-bond donors (Lipinski definition) is 2. The standard InChI is InChI=1S/C33H38N4O3/c1-20(2)13-15-37(29-19-24-11-9-14-34-31(24)36-32(29)38)33(39)35-30-27(21(3)4)17-25(18-28(30)22(5)6)23-10-8-12-26(16-23)40-7/h8-14,16-19,21-22H,15H2,1-7H3,(H,35,39)(H,34,36,38). The van der Waals surface area contributed by atoms with E-state index < -0.39 is 0 Å². The summed E-state index contributed by atoms with van der Waals surface area (Å²) in [5.41, 5.74) is 6.36. The number of amides is 2. The van der Waals surface area contributed by atoms with Crippen LogP contribution < -0.4 is 20.5 Å². The molecular weight excluding hydrogens is 500 g/mol. The molecule has 0 aliphatic rings. The molecule has 0 unspecified atom stereocenters. The molecule has 208 valence electrons. The third-order valence-electron chi connectivity index (χ3n) is 6.89. The van der Waals surface area contributed by atoms with Crippen molar-refractivity contribution in [3.8, 4) is 16.9 Å². The van der Waals surface area contributed by atoms with Crippen LogP contribution in [0.3, 0.4) is 0 Å². The first-order valence-electron chi connectivity index (χ1n) is 13.6. The van der Waals surface area contributed by atoms with Crippen molar-refractivity contribution in [3.05, 3.63) is 93.9 Å². The van der Waals surface area contributed by atoms with Gasteiger partial charge in [-0.15, -0.1) is 0 Å². The molecular formula is C33H38N4O3. The lowest BCUT2D eigenvalue weighted by Gasteiger charge is -2.26. The molecule has 0 saturated carbocycles. The number of aromatic amines is 1. The van der Waals surface area contributed by atoms with Gasteiger partial charge in [0.05, 0.1) is 7.11 Å². The average Bonchev–Trinajstić information content (AvgIpc) is 2.92. The molecule has 2 amide bonds. The van der Waals surface area contributed by atoms with Crippen molar-refractivity contribution >= 4 is 28.4 Å². The Balaban J connectivity index is 1.82. The Hall–Kier alpha value is -4.39. The molecule has 4 aromatic rings. The molecule has 7 nitrogen and oxygen atoms in total. The van der Waals surface area contributed by atoms with Gasteiger partial charge in [0.2, 0.25) is 0 Å². The Labute approximate surface area is 235 Å². The summed E-state index contributed by atoms with van der Waals surface area (Å²) in [5.74, 6) is 1.07. The molecule has 2 heterocycles. The van der Waals surface area contributed by atoms with E-state index in [0.717, 1.165) is 44.7 Å². The van der Waals surface area contributed by atoms with E-state index in [1.165, 1.54) is 4.90 Å². The van der Waals surface area contributed by atoms with Gasteiger partial charge in [-0.05, 0) is 90.4 Å². The molecule has 0 aliphatic carbocycles. The van der Waals surface area contributed by atoms with Gasteiger partial charge in [-0.25, -0.2) is 9.78 Å². The fraction of sp³-hybridized carbons (Fsp3) is 0.303. The first kappa shape index (κ1) is 28.6. The summed E-state index contributed by atoms with van der Waals surface area (Å²) in [4.78, 5) is 35.7. The van der Waals surface area contributed by atoms with Crippen molar-refractivity contribution in [1.82, 2.24) is 9.97 Å². The Kier molecular flexibility index (Phi) is 8.73. The number of methoxy groups -OCH3 is 1. The van der Waals surface area contributed by atoms with Crippen molar-refractivity contribution in [3.63, 3.8) is 0 Å². The number of fused-ring (bicyclic) bond motifs is 1. The highest BCUT2D eigenvalue weighted by Crippen LogP contribution is 2.38. The molecule has 4 rings (SSSR count). The van der Waals surface area contributed by atoms with E-state index in [2.05, 4.69) is 61.2 Å². The van der Waals surface area contributed by atoms with Crippen molar-refractivity contribution in [1.29, 1.82) is 0 Å². The third kappa shape index (κ3) is 6.25. The number of aromatic nitrogens is 2. The van der Waals surface area contributed by atoms with Gasteiger partial charge in [-0.1, -0.05) is 51.5 Å². The molecule has 2 aromatic heterocycles. The molecule has 0 fully saturated rings. The summed E-state index contributed by atoms with van der Waals surface area (Å²) in [7, 11) is 1.66. The highest BCUT2D eigenvalue weighted by atomic mass is 16.5. The van der Waals surface area contributed by atoms with Gasteiger partial charge in [0.15, 0.2) is 0 Å². The Bertz CT molecular complexity index is 1580. The maximum Gasteiger partial charge on any atom is 0.326 e. The number of rotatable bonds is 8. The quantitative estimate of drug-likeness (QED) is 0.224. The lowest BCUT2D eigenvalue weighted by atomic mass is 9.88. The minimum atomic E-state index is -0.371. The van der Waals surface area contributed by atoms with Gasteiger partial charge < -0.3 is 15.0 Å². The second-order valence-electron chi connectivity index (χ2n) is 10.8. The highest BCUT2D eigenvalue weighted by molar-refractivity contribution is 6.04. The fourth-order valence-electron chi connectivity index (χ4n) is 4.67. The number of pyridine rings is 2. The predicted molar refractivity (Wildman–Crippen MR) is 165 cm³/mol. The summed E-state index contributed by atoms with van der Waals surface area (Å²) >= 11 is 0. The number of allylic oxidation sites excluding steroid dienone is 1. The van der Waals surface area contributed by atoms with E-state index in [1.54, 1.807) is 25.4 Å². The number of urea groups is 1. The number of ether oxygens (including phenoxy) is 1. The zero-order chi connectivity index (χ0) is 29.0. The van der Waals surface area contributed by atoms with Gasteiger partial charge >= 0.3 is 6.03 Å². The largest absolute Gasteiger partial charge is 0.497 e. The van der Waals surface area contributed by atoms with E-state index >= 15 is 0 Å². The smallest absolute Gasteiger partial charge is 0.326 e. The van der Waals surface area contributed by atoms with Gasteiger partial charge in [0, 0.05) is 23.8 Å². The van der Waals surface area contributed by atoms with Crippen LogP contribution in [0.1, 0.15) is 64.5 Å². The van der Waals surface area contributed by atoms with Crippen molar-refractivity contribution in [2.75, 3.05) is 23.9 Å². The number of nitrogens with zero attached hydrogens (tertiary/aromatic N) is 2. The van der Waals surface area contributed by atoms with Crippen molar-refractivity contribution < 1.29 is 9.53 Å². The molecule has 0 bridgehead atoms. The molecule has 0 radical (unpaired) electrons. The predicted octanol–water partition coefficient (Wildman–Crippen LogP) is 7.85. The summed E-state index contributed by atoms with van der Waals surface area (Å²) in [6, 6.07) is 17.3. The second kappa shape index (κ2) is 12.2. The van der Waals surface area contributed by atoms with Crippen LogP contribution >= 0.6 is 0 Å². The van der Waals surface area contributed by atoms with E-state index in [-0.39, 0.29) is 35.7 Å². The second-order valence-corrected chi connectivity index (χ2v) is 10.8. The van der Waals surface area contributed by atoms with Gasteiger partial charge in [-0.2, -0.15) is 0 Å². The summed E-state index contributed by atoms with van der Waals surface area (Å²) in [5, 5.41) is 3.96. The lowest BCUT2D eigenvalue weighted by Crippen LogP contribution is -2.39. The first-order chi connectivity index (χ1) is 19.1. The monoisotopic (exact) mass is 538 g/mol. The normalized spacial score (nSPS) is 11.1. The van der Waals surface area contributed by atoms with Crippen LogP contribution in [0.4, 0.5) is 16.2 Å².